The summed E-state index contributed by atoms with van der Waals surface area (Å²) in [7, 11) is 0. The lowest BCUT2D eigenvalue weighted by Crippen LogP contribution is -2.39. The molecule has 1 saturated carbocycles. The molecule has 0 bridgehead atoms. The molecular formula is C23H40F3N3O4. The maximum Gasteiger partial charge on any atom is 0.490 e. The highest BCUT2D eigenvalue weighted by atomic mass is 19.4. The van der Waals surface area contributed by atoms with Crippen molar-refractivity contribution in [2.75, 3.05) is 6.54 Å². The van der Waals surface area contributed by atoms with E-state index < -0.39 is 12.1 Å². The Morgan fingerprint density at radius 1 is 1.06 bits per heavy atom. The first-order valence-corrected chi connectivity index (χ1v) is 11.5. The summed E-state index contributed by atoms with van der Waals surface area (Å²) in [6, 6.07) is 0. The number of hydrogen-bond acceptors (Lipinski definition) is 4. The number of carboxylic acid groups (broad SMARTS) is 1. The predicted octanol–water partition coefficient (Wildman–Crippen LogP) is 4.90. The number of aliphatic carboxylic acids is 1. The van der Waals surface area contributed by atoms with Gasteiger partial charge in [0.2, 0.25) is 11.8 Å². The fourth-order valence-electron chi connectivity index (χ4n) is 3.55. The Balaban J connectivity index is 0.00000126. The maximum atomic E-state index is 12.7. The first kappa shape index (κ1) is 30.9. The average Bonchev–Trinajstić information content (AvgIpc) is 2.64. The summed E-state index contributed by atoms with van der Waals surface area (Å²) >= 11 is 0. The van der Waals surface area contributed by atoms with E-state index in [1.54, 1.807) is 0 Å². The van der Waals surface area contributed by atoms with Gasteiger partial charge in [-0.05, 0) is 23.7 Å². The standard InChI is InChI=1S/C21H39N3O2.C2HF3O2/c1-15(2)14-23-20(26)17(11-16-9-7-6-8-10-16)12-18(22)24-19(25)13-21(3,4)5;3-2(4,5)1(6)7/h15-17H,6-14H2,1-5H3,(H,23,26)(H2,22,24,25);(H,6,7)/t17-;/m0./s1. The molecule has 1 rings (SSSR count). The number of halogens is 3. The van der Waals surface area contributed by atoms with E-state index in [4.69, 9.17) is 15.3 Å². The van der Waals surface area contributed by atoms with E-state index in [2.05, 4.69) is 24.5 Å². The van der Waals surface area contributed by atoms with Gasteiger partial charge in [-0.25, -0.2) is 4.79 Å². The molecule has 1 atom stereocenters. The number of carbonyl (C=O) groups excluding carboxylic acids is 2. The smallest absolute Gasteiger partial charge is 0.475 e. The Hall–Kier alpha value is -2.13. The van der Waals surface area contributed by atoms with E-state index in [1.165, 1.54) is 32.1 Å². The van der Waals surface area contributed by atoms with E-state index in [1.807, 2.05) is 20.8 Å². The fraction of sp³-hybridized carbons (Fsp3) is 0.826. The number of carboxylic acids is 1. The minimum Gasteiger partial charge on any atom is -0.475 e. The van der Waals surface area contributed by atoms with Crippen molar-refractivity contribution in [2.24, 2.45) is 23.2 Å². The van der Waals surface area contributed by atoms with Crippen LogP contribution in [0.1, 0.15) is 86.0 Å². The molecule has 0 saturated heterocycles. The molecule has 0 unspecified atom stereocenters. The van der Waals surface area contributed by atoms with E-state index >= 15 is 0 Å². The Kier molecular flexibility index (Phi) is 13.3. The van der Waals surface area contributed by atoms with Gasteiger partial charge >= 0.3 is 12.1 Å². The number of amides is 2. The molecule has 4 N–H and O–H groups in total. The second-order valence-electron chi connectivity index (χ2n) is 10.3. The van der Waals surface area contributed by atoms with Crippen molar-refractivity contribution in [3.63, 3.8) is 0 Å². The largest absolute Gasteiger partial charge is 0.490 e. The van der Waals surface area contributed by atoms with Crippen molar-refractivity contribution >= 4 is 23.6 Å². The molecule has 7 nitrogen and oxygen atoms in total. The van der Waals surface area contributed by atoms with E-state index in [0.717, 1.165) is 6.42 Å². The van der Waals surface area contributed by atoms with Crippen LogP contribution in [0.2, 0.25) is 0 Å². The van der Waals surface area contributed by atoms with Gasteiger partial charge in [0.25, 0.3) is 0 Å². The van der Waals surface area contributed by atoms with Crippen LogP contribution in [0.3, 0.4) is 0 Å². The molecule has 0 radical (unpaired) electrons. The van der Waals surface area contributed by atoms with Crippen LogP contribution in [0.25, 0.3) is 0 Å². The second kappa shape index (κ2) is 14.2. The molecule has 0 aliphatic heterocycles. The molecule has 0 aromatic rings. The number of amidine groups is 1. The molecule has 0 aromatic heterocycles. The van der Waals surface area contributed by atoms with Gasteiger partial charge in [0, 0.05) is 25.3 Å². The Labute approximate surface area is 194 Å². The molecule has 2 amide bonds. The molecule has 192 valence electrons. The van der Waals surface area contributed by atoms with Gasteiger partial charge in [0.15, 0.2) is 0 Å². The summed E-state index contributed by atoms with van der Waals surface area (Å²) in [4.78, 5) is 33.6. The third-order valence-electron chi connectivity index (χ3n) is 5.07. The highest BCUT2D eigenvalue weighted by Crippen LogP contribution is 2.30. The van der Waals surface area contributed by atoms with E-state index in [9.17, 15) is 22.8 Å². The van der Waals surface area contributed by atoms with Gasteiger partial charge in [-0.2, -0.15) is 13.2 Å². The Bertz CT molecular complexity index is 652. The third kappa shape index (κ3) is 16.2. The zero-order chi connectivity index (χ0) is 25.8. The van der Waals surface area contributed by atoms with Gasteiger partial charge in [-0.3, -0.25) is 15.0 Å². The minimum atomic E-state index is -5.08. The van der Waals surface area contributed by atoms with Crippen LogP contribution in [0.5, 0.6) is 0 Å². The number of rotatable bonds is 8. The summed E-state index contributed by atoms with van der Waals surface area (Å²) < 4.78 is 31.7. The highest BCUT2D eigenvalue weighted by molar-refractivity contribution is 5.98. The zero-order valence-electron chi connectivity index (χ0n) is 20.4. The van der Waals surface area contributed by atoms with Crippen molar-refractivity contribution in [3.8, 4) is 0 Å². The van der Waals surface area contributed by atoms with Crippen LogP contribution in [0, 0.1) is 28.6 Å². The zero-order valence-corrected chi connectivity index (χ0v) is 20.4. The fourth-order valence-corrected chi connectivity index (χ4v) is 3.55. The highest BCUT2D eigenvalue weighted by Gasteiger charge is 2.38. The van der Waals surface area contributed by atoms with Crippen LogP contribution in [-0.2, 0) is 14.4 Å². The number of hydrogen-bond donors (Lipinski definition) is 4. The van der Waals surface area contributed by atoms with Crippen molar-refractivity contribution in [2.45, 2.75) is 92.2 Å². The topological polar surface area (TPSA) is 119 Å². The predicted molar refractivity (Wildman–Crippen MR) is 121 cm³/mol. The molecular weight excluding hydrogens is 439 g/mol. The van der Waals surface area contributed by atoms with Crippen molar-refractivity contribution < 1.29 is 32.7 Å². The van der Waals surface area contributed by atoms with Gasteiger partial charge < -0.3 is 15.7 Å². The van der Waals surface area contributed by atoms with Crippen LogP contribution in [0.15, 0.2) is 0 Å². The molecule has 10 heteroatoms. The van der Waals surface area contributed by atoms with Crippen LogP contribution in [0.4, 0.5) is 13.2 Å². The first-order valence-electron chi connectivity index (χ1n) is 11.5. The summed E-state index contributed by atoms with van der Waals surface area (Å²) in [6.07, 6.45) is 2.56. The number of nitrogens with one attached hydrogen (secondary N) is 3. The van der Waals surface area contributed by atoms with Gasteiger partial charge in [0.05, 0.1) is 0 Å². The van der Waals surface area contributed by atoms with Gasteiger partial charge in [-0.15, -0.1) is 0 Å². The lowest BCUT2D eigenvalue weighted by molar-refractivity contribution is -0.192. The molecule has 0 heterocycles. The minimum absolute atomic E-state index is 0.0269. The van der Waals surface area contributed by atoms with E-state index in [0.29, 0.717) is 31.2 Å². The monoisotopic (exact) mass is 479 g/mol. The van der Waals surface area contributed by atoms with Crippen LogP contribution < -0.4 is 10.6 Å². The van der Waals surface area contributed by atoms with Gasteiger partial charge in [0.1, 0.15) is 5.84 Å². The normalized spacial score (nSPS) is 15.8. The lowest BCUT2D eigenvalue weighted by atomic mass is 9.81. The molecule has 1 aliphatic carbocycles. The second-order valence-corrected chi connectivity index (χ2v) is 10.3. The van der Waals surface area contributed by atoms with Crippen molar-refractivity contribution in [1.82, 2.24) is 10.6 Å². The Morgan fingerprint density at radius 3 is 2.00 bits per heavy atom. The quantitative estimate of drug-likeness (QED) is 0.292. The summed E-state index contributed by atoms with van der Waals surface area (Å²) in [5.41, 5.74) is -0.111. The molecule has 0 spiro atoms. The third-order valence-corrected chi connectivity index (χ3v) is 5.07. The average molecular weight is 480 g/mol. The summed E-state index contributed by atoms with van der Waals surface area (Å²) in [5.74, 6) is -1.95. The van der Waals surface area contributed by atoms with E-state index in [-0.39, 0.29) is 29.0 Å². The SMILES string of the molecule is CC(C)CNC(=O)[C@H](CC(=N)NC(=O)CC(C)(C)C)CC1CCCCC1.O=C(O)C(F)(F)F. The first-order chi connectivity index (χ1) is 15.0. The number of alkyl halides is 3. The number of carbonyl (C=O) groups is 3. The Morgan fingerprint density at radius 2 is 1.58 bits per heavy atom. The maximum absolute atomic E-state index is 12.7. The van der Waals surface area contributed by atoms with Gasteiger partial charge in [-0.1, -0.05) is 66.7 Å². The van der Waals surface area contributed by atoms with Crippen LogP contribution >= 0.6 is 0 Å². The molecule has 1 fully saturated rings. The molecule has 0 aromatic carbocycles. The lowest BCUT2D eigenvalue weighted by Gasteiger charge is -2.26. The van der Waals surface area contributed by atoms with Crippen molar-refractivity contribution in [1.29, 1.82) is 5.41 Å². The summed E-state index contributed by atoms with van der Waals surface area (Å²) in [5, 5.41) is 21.0. The summed E-state index contributed by atoms with van der Waals surface area (Å²) in [6.45, 7) is 10.8. The molecule has 1 aliphatic rings. The van der Waals surface area contributed by atoms with Crippen molar-refractivity contribution in [3.05, 3.63) is 0 Å². The van der Waals surface area contributed by atoms with Crippen LogP contribution in [-0.4, -0.2) is 41.4 Å². The molecule has 33 heavy (non-hydrogen) atoms.